The number of rotatable bonds is 7. The molecule has 0 aliphatic carbocycles. The maximum Gasteiger partial charge on any atom is 0.213 e. The molecule has 38 heavy (non-hydrogen) atoms. The molecule has 0 spiro atoms. The number of morpholine rings is 1. The Kier molecular flexibility index (Phi) is 7.89. The van der Waals surface area contributed by atoms with E-state index >= 15 is 0 Å². The number of hydrogen-bond acceptors (Lipinski definition) is 6. The highest BCUT2D eigenvalue weighted by Crippen LogP contribution is 2.41. The van der Waals surface area contributed by atoms with Crippen LogP contribution >= 0.6 is 0 Å². The summed E-state index contributed by atoms with van der Waals surface area (Å²) < 4.78 is 22.7. The summed E-state index contributed by atoms with van der Waals surface area (Å²) in [6.45, 7) is 5.97. The summed E-state index contributed by atoms with van der Waals surface area (Å²) in [5, 5.41) is 10.8. The second kappa shape index (κ2) is 11.7. The van der Waals surface area contributed by atoms with E-state index in [0.29, 0.717) is 32.9 Å². The number of nitrogens with zero attached hydrogens (tertiary/aromatic N) is 4. The number of aliphatic imine (C=N–C) groups is 1. The molecule has 200 valence electrons. The molecule has 3 heterocycles. The van der Waals surface area contributed by atoms with Crippen molar-refractivity contribution in [3.63, 3.8) is 0 Å². The van der Waals surface area contributed by atoms with Crippen molar-refractivity contribution in [1.29, 1.82) is 5.26 Å². The van der Waals surface area contributed by atoms with Gasteiger partial charge in [0.25, 0.3) is 0 Å². The van der Waals surface area contributed by atoms with Crippen LogP contribution in [0.2, 0.25) is 0 Å². The van der Waals surface area contributed by atoms with Crippen molar-refractivity contribution in [2.24, 2.45) is 4.99 Å². The summed E-state index contributed by atoms with van der Waals surface area (Å²) >= 11 is 0. The molecular formula is C29H35N5O4. The van der Waals surface area contributed by atoms with Crippen molar-refractivity contribution in [1.82, 2.24) is 14.8 Å². The summed E-state index contributed by atoms with van der Waals surface area (Å²) in [4.78, 5) is 12.2. The highest BCUT2D eigenvalue weighted by Gasteiger charge is 2.34. The third-order valence-electron chi connectivity index (χ3n) is 7.45. The fraction of sp³-hybridized carbons (Fsp3) is 0.448. The van der Waals surface area contributed by atoms with E-state index in [9.17, 15) is 5.26 Å². The quantitative estimate of drug-likeness (QED) is 0.284. The highest BCUT2D eigenvalue weighted by molar-refractivity contribution is 5.85. The van der Waals surface area contributed by atoms with Gasteiger partial charge in [-0.2, -0.15) is 5.26 Å². The molecule has 2 aromatic carbocycles. The zero-order chi connectivity index (χ0) is 26.5. The molecule has 1 N–H and O–H groups in total. The van der Waals surface area contributed by atoms with Gasteiger partial charge in [0.05, 0.1) is 40.1 Å². The first-order valence-electron chi connectivity index (χ1n) is 13.2. The summed E-state index contributed by atoms with van der Waals surface area (Å²) in [5.74, 6) is 3.05. The van der Waals surface area contributed by atoms with E-state index in [0.717, 1.165) is 59.9 Å². The van der Waals surface area contributed by atoms with Crippen LogP contribution in [0, 0.1) is 11.5 Å². The number of ether oxygens (including phenoxy) is 4. The van der Waals surface area contributed by atoms with E-state index in [1.807, 2.05) is 13.0 Å². The summed E-state index contributed by atoms with van der Waals surface area (Å²) in [6, 6.07) is 10.3. The summed E-state index contributed by atoms with van der Waals surface area (Å²) in [6.07, 6.45) is 6.66. The third kappa shape index (κ3) is 5.09. The number of H-pyrrole nitrogens is 1. The lowest BCUT2D eigenvalue weighted by Crippen LogP contribution is -2.52. The van der Waals surface area contributed by atoms with Gasteiger partial charge in [-0.25, -0.2) is 0 Å². The Morgan fingerprint density at radius 1 is 1.13 bits per heavy atom. The molecule has 2 aliphatic rings. The van der Waals surface area contributed by atoms with Crippen LogP contribution < -0.4 is 14.2 Å². The third-order valence-corrected chi connectivity index (χ3v) is 7.45. The fourth-order valence-electron chi connectivity index (χ4n) is 5.60. The lowest BCUT2D eigenvalue weighted by atomic mass is 9.88. The number of nitriles is 1. The number of methoxy groups -OCH3 is 2. The number of guanidine groups is 1. The van der Waals surface area contributed by atoms with Gasteiger partial charge in [0.15, 0.2) is 11.5 Å². The molecular weight excluding hydrogens is 482 g/mol. The van der Waals surface area contributed by atoms with Crippen molar-refractivity contribution in [2.75, 3.05) is 53.7 Å². The zero-order valence-electron chi connectivity index (χ0n) is 22.3. The Bertz CT molecular complexity index is 1340. The lowest BCUT2D eigenvalue weighted by Gasteiger charge is -2.43. The Labute approximate surface area is 223 Å². The lowest BCUT2D eigenvalue weighted by molar-refractivity contribution is 0.0595. The SMILES string of the molecule is CCOc1cc2c(cc1OC)CCN(C(=NC#N)N1CCOCC1)C2CCc1c[nH]c2ccc(OC)cc12. The molecule has 2 aliphatic heterocycles. The highest BCUT2D eigenvalue weighted by atomic mass is 16.5. The average Bonchev–Trinajstić information content (AvgIpc) is 3.37. The molecule has 1 saturated heterocycles. The van der Waals surface area contributed by atoms with Crippen LogP contribution in [0.5, 0.6) is 17.2 Å². The standard InChI is InChI=1S/C29H35N5O4/c1-4-38-28-17-24-20(15-27(28)36-3)9-10-34(29(32-19-30)33-11-13-37-14-12-33)26(24)8-5-21-18-31-25-7-6-22(35-2)16-23(21)25/h6-7,15-18,26,31H,4-5,8-14H2,1-3H3. The predicted octanol–water partition coefficient (Wildman–Crippen LogP) is 4.29. The molecule has 0 amide bonds. The van der Waals surface area contributed by atoms with Crippen molar-refractivity contribution in [3.8, 4) is 23.4 Å². The van der Waals surface area contributed by atoms with E-state index in [2.05, 4.69) is 56.4 Å². The second-order valence-electron chi connectivity index (χ2n) is 9.47. The van der Waals surface area contributed by atoms with Crippen molar-refractivity contribution in [2.45, 2.75) is 32.2 Å². The maximum absolute atomic E-state index is 9.64. The number of aromatic nitrogens is 1. The van der Waals surface area contributed by atoms with Crippen LogP contribution in [-0.2, 0) is 17.6 Å². The van der Waals surface area contributed by atoms with E-state index in [1.54, 1.807) is 14.2 Å². The number of hydrogen-bond donors (Lipinski definition) is 1. The summed E-state index contributed by atoms with van der Waals surface area (Å²) in [5.41, 5.74) is 4.75. The van der Waals surface area contributed by atoms with Gasteiger partial charge in [-0.05, 0) is 73.2 Å². The molecule has 9 nitrogen and oxygen atoms in total. The molecule has 5 rings (SSSR count). The first-order valence-corrected chi connectivity index (χ1v) is 13.2. The van der Waals surface area contributed by atoms with Crippen molar-refractivity contribution >= 4 is 16.9 Å². The van der Waals surface area contributed by atoms with Gasteiger partial charge in [0.1, 0.15) is 5.75 Å². The first kappa shape index (κ1) is 25.7. The minimum Gasteiger partial charge on any atom is -0.497 e. The first-order chi connectivity index (χ1) is 18.7. The smallest absolute Gasteiger partial charge is 0.213 e. The minimum absolute atomic E-state index is 0.00867. The van der Waals surface area contributed by atoms with E-state index in [4.69, 9.17) is 18.9 Å². The fourth-order valence-corrected chi connectivity index (χ4v) is 5.60. The molecule has 1 atom stereocenters. The van der Waals surface area contributed by atoms with Crippen LogP contribution in [0.3, 0.4) is 0 Å². The Morgan fingerprint density at radius 2 is 1.97 bits per heavy atom. The molecule has 3 aromatic rings. The molecule has 1 unspecified atom stereocenters. The van der Waals surface area contributed by atoms with E-state index in [-0.39, 0.29) is 6.04 Å². The number of aryl methyl sites for hydroxylation is 1. The van der Waals surface area contributed by atoms with E-state index in [1.165, 1.54) is 16.7 Å². The number of aromatic amines is 1. The van der Waals surface area contributed by atoms with Gasteiger partial charge < -0.3 is 33.7 Å². The van der Waals surface area contributed by atoms with Gasteiger partial charge in [0.2, 0.25) is 12.2 Å². The normalized spacial score (nSPS) is 17.7. The molecule has 9 heteroatoms. The number of nitrogens with one attached hydrogen (secondary N) is 1. The van der Waals surface area contributed by atoms with Crippen LogP contribution in [-0.4, -0.2) is 74.4 Å². The summed E-state index contributed by atoms with van der Waals surface area (Å²) in [7, 11) is 3.37. The van der Waals surface area contributed by atoms with E-state index < -0.39 is 0 Å². The van der Waals surface area contributed by atoms with Gasteiger partial charge in [0, 0.05) is 36.7 Å². The zero-order valence-corrected chi connectivity index (χ0v) is 22.3. The average molecular weight is 518 g/mol. The van der Waals surface area contributed by atoms with Crippen LogP contribution in [0.1, 0.15) is 36.1 Å². The number of fused-ring (bicyclic) bond motifs is 2. The molecule has 0 radical (unpaired) electrons. The van der Waals surface area contributed by atoms with Crippen molar-refractivity contribution in [3.05, 3.63) is 53.2 Å². The predicted molar refractivity (Wildman–Crippen MR) is 146 cm³/mol. The molecule has 0 saturated carbocycles. The van der Waals surface area contributed by atoms with Crippen molar-refractivity contribution < 1.29 is 18.9 Å². The Balaban J connectivity index is 1.53. The monoisotopic (exact) mass is 517 g/mol. The second-order valence-corrected chi connectivity index (χ2v) is 9.47. The largest absolute Gasteiger partial charge is 0.497 e. The number of benzene rings is 2. The molecule has 0 bridgehead atoms. The van der Waals surface area contributed by atoms with Crippen LogP contribution in [0.4, 0.5) is 0 Å². The van der Waals surface area contributed by atoms with Crippen LogP contribution in [0.15, 0.2) is 41.5 Å². The molecule has 1 aromatic heterocycles. The van der Waals surface area contributed by atoms with Gasteiger partial charge in [-0.3, -0.25) is 0 Å². The minimum atomic E-state index is 0.00867. The Morgan fingerprint density at radius 3 is 2.71 bits per heavy atom. The van der Waals surface area contributed by atoms with Gasteiger partial charge in [-0.15, -0.1) is 4.99 Å². The van der Waals surface area contributed by atoms with Gasteiger partial charge >= 0.3 is 0 Å². The molecule has 1 fully saturated rings. The topological polar surface area (TPSA) is 95.3 Å². The Hall–Kier alpha value is -3.90. The van der Waals surface area contributed by atoms with Crippen LogP contribution in [0.25, 0.3) is 10.9 Å². The maximum atomic E-state index is 9.64. The van der Waals surface area contributed by atoms with Gasteiger partial charge in [-0.1, -0.05) is 0 Å².